The van der Waals surface area contributed by atoms with Crippen LogP contribution in [0.4, 0.5) is 0 Å². The van der Waals surface area contributed by atoms with E-state index in [0.29, 0.717) is 5.82 Å². The SMILES string of the molecule is O=c1cc[nH]n1-c1ccn[nH]1. The average Bonchev–Trinajstić information content (AvgIpc) is 2.55. The molecule has 5 nitrogen and oxygen atoms in total. The van der Waals surface area contributed by atoms with Gasteiger partial charge in [-0.3, -0.25) is 15.0 Å². The fourth-order valence-corrected chi connectivity index (χ4v) is 0.883. The Morgan fingerprint density at radius 2 is 2.36 bits per heavy atom. The number of H-pyrrole nitrogens is 2. The summed E-state index contributed by atoms with van der Waals surface area (Å²) in [4.78, 5) is 11.0. The van der Waals surface area contributed by atoms with Crippen molar-refractivity contribution >= 4 is 0 Å². The zero-order valence-electron chi connectivity index (χ0n) is 5.61. The zero-order chi connectivity index (χ0) is 7.68. The van der Waals surface area contributed by atoms with Crippen LogP contribution in [0.15, 0.2) is 29.3 Å². The Kier molecular flexibility index (Phi) is 1.15. The fraction of sp³-hybridized carbons (Fsp3) is 0. The molecule has 11 heavy (non-hydrogen) atoms. The van der Waals surface area contributed by atoms with E-state index in [2.05, 4.69) is 15.3 Å². The van der Waals surface area contributed by atoms with Gasteiger partial charge in [0.05, 0.1) is 6.20 Å². The predicted octanol–water partition coefficient (Wildman–Crippen LogP) is -0.111. The normalized spacial score (nSPS) is 10.2. The van der Waals surface area contributed by atoms with Crippen LogP contribution < -0.4 is 5.56 Å². The number of aromatic nitrogens is 4. The standard InChI is InChI=1S/C6H6N4O/c11-6-2-4-8-10(6)5-1-3-7-9-5/h1-4,8H,(H,7,9). The smallest absolute Gasteiger partial charge is 0.272 e. The minimum absolute atomic E-state index is 0.103. The first kappa shape index (κ1) is 5.96. The third-order valence-electron chi connectivity index (χ3n) is 1.38. The summed E-state index contributed by atoms with van der Waals surface area (Å²) in [5.41, 5.74) is -0.103. The number of rotatable bonds is 1. The second kappa shape index (κ2) is 2.12. The number of nitrogens with one attached hydrogen (secondary N) is 2. The molecule has 2 rings (SSSR count). The van der Waals surface area contributed by atoms with Gasteiger partial charge in [0, 0.05) is 18.3 Å². The van der Waals surface area contributed by atoms with E-state index in [1.54, 1.807) is 18.5 Å². The molecule has 2 aromatic heterocycles. The lowest BCUT2D eigenvalue weighted by atomic mass is 10.6. The second-order valence-corrected chi connectivity index (χ2v) is 2.08. The van der Waals surface area contributed by atoms with E-state index in [-0.39, 0.29) is 5.56 Å². The molecule has 2 heterocycles. The molecule has 0 amide bonds. The van der Waals surface area contributed by atoms with Crippen LogP contribution >= 0.6 is 0 Å². The van der Waals surface area contributed by atoms with E-state index in [9.17, 15) is 4.79 Å². The van der Waals surface area contributed by atoms with Crippen molar-refractivity contribution in [2.24, 2.45) is 0 Å². The molecule has 0 radical (unpaired) electrons. The Hall–Kier alpha value is -1.78. The summed E-state index contributed by atoms with van der Waals surface area (Å²) in [5, 5.41) is 9.12. The van der Waals surface area contributed by atoms with Crippen molar-refractivity contribution in [3.8, 4) is 5.82 Å². The largest absolute Gasteiger partial charge is 0.297 e. The van der Waals surface area contributed by atoms with Gasteiger partial charge in [0.25, 0.3) is 5.56 Å². The molecule has 56 valence electrons. The van der Waals surface area contributed by atoms with Gasteiger partial charge < -0.3 is 0 Å². The quantitative estimate of drug-likeness (QED) is 0.595. The topological polar surface area (TPSA) is 66.5 Å². The maximum Gasteiger partial charge on any atom is 0.272 e. The molecule has 0 bridgehead atoms. The molecular formula is C6H6N4O. The van der Waals surface area contributed by atoms with E-state index in [1.807, 2.05) is 0 Å². The van der Waals surface area contributed by atoms with Crippen molar-refractivity contribution in [3.63, 3.8) is 0 Å². The molecule has 2 aromatic rings. The molecule has 0 aromatic carbocycles. The molecule has 0 aliphatic rings. The van der Waals surface area contributed by atoms with Gasteiger partial charge in [-0.05, 0) is 0 Å². The minimum Gasteiger partial charge on any atom is -0.297 e. The van der Waals surface area contributed by atoms with Crippen LogP contribution in [0.5, 0.6) is 0 Å². The Morgan fingerprint density at radius 1 is 1.45 bits per heavy atom. The third kappa shape index (κ3) is 0.861. The summed E-state index contributed by atoms with van der Waals surface area (Å²) < 4.78 is 1.37. The van der Waals surface area contributed by atoms with Crippen molar-refractivity contribution in [3.05, 3.63) is 34.9 Å². The van der Waals surface area contributed by atoms with Crippen molar-refractivity contribution in [1.82, 2.24) is 20.0 Å². The molecular weight excluding hydrogens is 144 g/mol. The Morgan fingerprint density at radius 3 is 2.91 bits per heavy atom. The van der Waals surface area contributed by atoms with Gasteiger partial charge in [-0.2, -0.15) is 5.10 Å². The van der Waals surface area contributed by atoms with Crippen molar-refractivity contribution in [1.29, 1.82) is 0 Å². The van der Waals surface area contributed by atoms with Crippen molar-refractivity contribution in [2.75, 3.05) is 0 Å². The zero-order valence-corrected chi connectivity index (χ0v) is 5.61. The van der Waals surface area contributed by atoms with Crippen molar-refractivity contribution in [2.45, 2.75) is 0 Å². The number of aromatic amines is 2. The van der Waals surface area contributed by atoms with Crippen LogP contribution in [0.25, 0.3) is 5.82 Å². The molecule has 0 atom stereocenters. The van der Waals surface area contributed by atoms with Crippen molar-refractivity contribution < 1.29 is 0 Å². The summed E-state index contributed by atoms with van der Waals surface area (Å²) in [6, 6.07) is 3.15. The highest BCUT2D eigenvalue weighted by Crippen LogP contribution is 1.93. The summed E-state index contributed by atoms with van der Waals surface area (Å²) in [5.74, 6) is 0.639. The van der Waals surface area contributed by atoms with Gasteiger partial charge in [-0.15, -0.1) is 0 Å². The average molecular weight is 150 g/mol. The molecule has 0 fully saturated rings. The summed E-state index contributed by atoms with van der Waals surface area (Å²) in [7, 11) is 0. The third-order valence-corrected chi connectivity index (χ3v) is 1.38. The predicted molar refractivity (Wildman–Crippen MR) is 38.5 cm³/mol. The Labute approximate surface area is 61.7 Å². The first-order valence-electron chi connectivity index (χ1n) is 3.14. The van der Waals surface area contributed by atoms with Crippen LogP contribution in [0.3, 0.4) is 0 Å². The molecule has 0 unspecified atom stereocenters. The van der Waals surface area contributed by atoms with E-state index < -0.39 is 0 Å². The molecule has 0 spiro atoms. The van der Waals surface area contributed by atoms with Crippen LogP contribution in [-0.4, -0.2) is 20.0 Å². The number of nitrogens with zero attached hydrogens (tertiary/aromatic N) is 2. The monoisotopic (exact) mass is 150 g/mol. The lowest BCUT2D eigenvalue weighted by Crippen LogP contribution is -2.13. The molecule has 0 aliphatic carbocycles. The van der Waals surface area contributed by atoms with E-state index in [4.69, 9.17) is 0 Å². The highest BCUT2D eigenvalue weighted by molar-refractivity contribution is 5.16. The number of hydrogen-bond acceptors (Lipinski definition) is 2. The lowest BCUT2D eigenvalue weighted by Gasteiger charge is -1.92. The van der Waals surface area contributed by atoms with Gasteiger partial charge in [0.2, 0.25) is 0 Å². The summed E-state index contributed by atoms with van der Waals surface area (Å²) >= 11 is 0. The molecule has 0 aliphatic heterocycles. The molecule has 0 saturated heterocycles. The minimum atomic E-state index is -0.103. The fourth-order valence-electron chi connectivity index (χ4n) is 0.883. The maximum atomic E-state index is 11.0. The highest BCUT2D eigenvalue weighted by Gasteiger charge is 1.98. The first-order chi connectivity index (χ1) is 5.38. The van der Waals surface area contributed by atoms with Crippen LogP contribution in [0.2, 0.25) is 0 Å². The molecule has 2 N–H and O–H groups in total. The Balaban J connectivity index is 2.62. The highest BCUT2D eigenvalue weighted by atomic mass is 16.1. The summed E-state index contributed by atoms with van der Waals surface area (Å²) in [6.07, 6.45) is 3.16. The van der Waals surface area contributed by atoms with Gasteiger partial charge in [-0.25, -0.2) is 4.68 Å². The molecule has 5 heteroatoms. The van der Waals surface area contributed by atoms with Gasteiger partial charge in [-0.1, -0.05) is 0 Å². The van der Waals surface area contributed by atoms with E-state index in [0.717, 1.165) is 0 Å². The maximum absolute atomic E-state index is 11.0. The van der Waals surface area contributed by atoms with Gasteiger partial charge >= 0.3 is 0 Å². The second-order valence-electron chi connectivity index (χ2n) is 2.08. The first-order valence-corrected chi connectivity index (χ1v) is 3.14. The van der Waals surface area contributed by atoms with Crippen LogP contribution in [-0.2, 0) is 0 Å². The van der Waals surface area contributed by atoms with E-state index >= 15 is 0 Å². The summed E-state index contributed by atoms with van der Waals surface area (Å²) in [6.45, 7) is 0. The Bertz CT molecular complexity index is 383. The van der Waals surface area contributed by atoms with Crippen LogP contribution in [0.1, 0.15) is 0 Å². The van der Waals surface area contributed by atoms with Gasteiger partial charge in [0.1, 0.15) is 0 Å². The lowest BCUT2D eigenvalue weighted by molar-refractivity contribution is 0.810. The number of hydrogen-bond donors (Lipinski definition) is 2. The van der Waals surface area contributed by atoms with Crippen LogP contribution in [0, 0.1) is 0 Å². The van der Waals surface area contributed by atoms with E-state index in [1.165, 1.54) is 10.7 Å². The molecule has 0 saturated carbocycles. The van der Waals surface area contributed by atoms with Gasteiger partial charge in [0.15, 0.2) is 5.82 Å².